The molecular formula is C16H13BrO3S. The van der Waals surface area contributed by atoms with Crippen LogP contribution in [-0.4, -0.2) is 20.0 Å². The monoisotopic (exact) mass is 364 g/mol. The summed E-state index contributed by atoms with van der Waals surface area (Å²) in [5, 5.41) is 0. The molecule has 0 saturated carbocycles. The first kappa shape index (κ1) is 15.7. The highest BCUT2D eigenvalue weighted by atomic mass is 79.9. The Hall–Kier alpha value is -1.72. The van der Waals surface area contributed by atoms with Crippen molar-refractivity contribution in [3.8, 4) is 0 Å². The van der Waals surface area contributed by atoms with E-state index in [1.165, 1.54) is 12.1 Å². The van der Waals surface area contributed by atoms with E-state index in [2.05, 4.69) is 22.5 Å². The van der Waals surface area contributed by atoms with Gasteiger partial charge in [-0.15, -0.1) is 0 Å². The maximum absolute atomic E-state index is 12.2. The first-order valence-corrected chi connectivity index (χ1v) is 8.60. The van der Waals surface area contributed by atoms with Crippen molar-refractivity contribution < 1.29 is 13.2 Å². The van der Waals surface area contributed by atoms with Gasteiger partial charge in [0.05, 0.1) is 10.6 Å². The molecule has 2 aromatic rings. The standard InChI is InChI=1S/C16H13BrO3S/c1-12(16(18)13-7-9-14(17)10-8-13)11-21(19,20)15-5-3-2-4-6-15/h2-10H,1,11H2. The van der Waals surface area contributed by atoms with Gasteiger partial charge in [0.15, 0.2) is 15.6 Å². The van der Waals surface area contributed by atoms with E-state index < -0.39 is 9.84 Å². The summed E-state index contributed by atoms with van der Waals surface area (Å²) in [5.74, 6) is -0.742. The summed E-state index contributed by atoms with van der Waals surface area (Å²) in [5.41, 5.74) is 0.479. The van der Waals surface area contributed by atoms with E-state index in [0.717, 1.165) is 4.47 Å². The average Bonchev–Trinajstić information content (AvgIpc) is 2.48. The SMILES string of the molecule is C=C(CS(=O)(=O)c1ccccc1)C(=O)c1ccc(Br)cc1. The van der Waals surface area contributed by atoms with Crippen LogP contribution < -0.4 is 0 Å². The molecule has 108 valence electrons. The quantitative estimate of drug-likeness (QED) is 0.600. The molecule has 0 saturated heterocycles. The molecule has 2 aromatic carbocycles. The van der Waals surface area contributed by atoms with E-state index in [1.54, 1.807) is 42.5 Å². The van der Waals surface area contributed by atoms with Crippen molar-refractivity contribution in [3.63, 3.8) is 0 Å². The molecule has 0 spiro atoms. The van der Waals surface area contributed by atoms with Crippen molar-refractivity contribution in [2.24, 2.45) is 0 Å². The number of ketones is 1. The van der Waals surface area contributed by atoms with Crippen LogP contribution in [0.15, 0.2) is 76.1 Å². The van der Waals surface area contributed by atoms with Crippen LogP contribution in [0, 0.1) is 0 Å². The topological polar surface area (TPSA) is 51.2 Å². The summed E-state index contributed by atoms with van der Waals surface area (Å²) < 4.78 is 25.3. The zero-order valence-electron chi connectivity index (χ0n) is 11.1. The number of Topliss-reactive ketones (excluding diaryl/α,β-unsaturated/α-hetero) is 1. The lowest BCUT2D eigenvalue weighted by Crippen LogP contribution is -2.14. The summed E-state index contributed by atoms with van der Waals surface area (Å²) >= 11 is 3.28. The second kappa shape index (κ2) is 6.37. The van der Waals surface area contributed by atoms with Gasteiger partial charge in [0.25, 0.3) is 0 Å². The lowest BCUT2D eigenvalue weighted by molar-refractivity contribution is 0.103. The summed E-state index contributed by atoms with van der Waals surface area (Å²) in [6.07, 6.45) is 0. The zero-order valence-corrected chi connectivity index (χ0v) is 13.5. The Morgan fingerprint density at radius 1 is 1.00 bits per heavy atom. The molecule has 0 fully saturated rings. The van der Waals surface area contributed by atoms with E-state index in [9.17, 15) is 13.2 Å². The third-order valence-corrected chi connectivity index (χ3v) is 5.14. The number of rotatable bonds is 5. The molecule has 0 unspecified atom stereocenters. The molecule has 0 aliphatic rings. The third-order valence-electron chi connectivity index (χ3n) is 2.89. The maximum atomic E-state index is 12.2. The van der Waals surface area contributed by atoms with Gasteiger partial charge in [0.2, 0.25) is 0 Å². The lowest BCUT2D eigenvalue weighted by Gasteiger charge is -2.07. The first-order chi connectivity index (χ1) is 9.90. The van der Waals surface area contributed by atoms with Crippen LogP contribution in [-0.2, 0) is 9.84 Å². The molecule has 0 radical (unpaired) electrons. The van der Waals surface area contributed by atoms with Crippen molar-refractivity contribution in [2.75, 3.05) is 5.75 Å². The minimum absolute atomic E-state index is 0.0566. The molecule has 0 heterocycles. The second-order valence-corrected chi connectivity index (χ2v) is 7.42. The van der Waals surface area contributed by atoms with Gasteiger partial charge >= 0.3 is 0 Å². The Labute approximate surface area is 132 Å². The van der Waals surface area contributed by atoms with Crippen LogP contribution in [0.4, 0.5) is 0 Å². The van der Waals surface area contributed by atoms with Crippen molar-refractivity contribution >= 4 is 31.6 Å². The largest absolute Gasteiger partial charge is 0.289 e. The zero-order chi connectivity index (χ0) is 15.5. The molecule has 0 N–H and O–H groups in total. The number of halogens is 1. The number of carbonyl (C=O) groups is 1. The van der Waals surface area contributed by atoms with Crippen molar-refractivity contribution in [1.29, 1.82) is 0 Å². The maximum Gasteiger partial charge on any atom is 0.189 e. The van der Waals surface area contributed by atoms with Crippen LogP contribution in [0.2, 0.25) is 0 Å². The fourth-order valence-electron chi connectivity index (χ4n) is 1.81. The van der Waals surface area contributed by atoms with Crippen LogP contribution in [0.5, 0.6) is 0 Å². The van der Waals surface area contributed by atoms with E-state index in [1.807, 2.05) is 0 Å². The highest BCUT2D eigenvalue weighted by Gasteiger charge is 2.20. The third kappa shape index (κ3) is 3.89. The van der Waals surface area contributed by atoms with Crippen molar-refractivity contribution in [2.45, 2.75) is 4.90 Å². The molecule has 2 rings (SSSR count). The molecule has 0 bridgehead atoms. The average molecular weight is 365 g/mol. The first-order valence-electron chi connectivity index (χ1n) is 6.16. The van der Waals surface area contributed by atoms with Gasteiger partial charge in [-0.1, -0.05) is 40.7 Å². The van der Waals surface area contributed by atoms with Gasteiger partial charge in [-0.2, -0.15) is 0 Å². The number of sulfone groups is 1. The number of hydrogen-bond acceptors (Lipinski definition) is 3. The van der Waals surface area contributed by atoms with Gasteiger partial charge in [0, 0.05) is 15.6 Å². The summed E-state index contributed by atoms with van der Waals surface area (Å²) in [4.78, 5) is 12.4. The second-order valence-electron chi connectivity index (χ2n) is 4.51. The Kier molecular flexibility index (Phi) is 4.75. The lowest BCUT2D eigenvalue weighted by atomic mass is 10.1. The van der Waals surface area contributed by atoms with Crippen LogP contribution in [0.1, 0.15) is 10.4 Å². The van der Waals surface area contributed by atoms with Gasteiger partial charge in [-0.05, 0) is 36.4 Å². The predicted octanol–water partition coefficient (Wildman–Crippen LogP) is 3.66. The molecule has 5 heteroatoms. The summed E-state index contributed by atoms with van der Waals surface area (Å²) in [7, 11) is -3.55. The Morgan fingerprint density at radius 2 is 1.57 bits per heavy atom. The normalized spacial score (nSPS) is 11.1. The van der Waals surface area contributed by atoms with Crippen molar-refractivity contribution in [3.05, 3.63) is 76.8 Å². The molecule has 0 atom stereocenters. The van der Waals surface area contributed by atoms with Gasteiger partial charge < -0.3 is 0 Å². The molecule has 0 aliphatic heterocycles. The summed E-state index contributed by atoms with van der Waals surface area (Å²) in [6.45, 7) is 3.62. The molecule has 21 heavy (non-hydrogen) atoms. The predicted molar refractivity (Wildman–Crippen MR) is 86.1 cm³/mol. The number of hydrogen-bond donors (Lipinski definition) is 0. The molecule has 0 amide bonds. The van der Waals surface area contributed by atoms with Crippen LogP contribution in [0.25, 0.3) is 0 Å². The summed E-state index contributed by atoms with van der Waals surface area (Å²) in [6, 6.07) is 14.8. The van der Waals surface area contributed by atoms with E-state index in [4.69, 9.17) is 0 Å². The highest BCUT2D eigenvalue weighted by Crippen LogP contribution is 2.17. The van der Waals surface area contributed by atoms with Crippen LogP contribution in [0.3, 0.4) is 0 Å². The number of benzene rings is 2. The Bertz CT molecular complexity index is 763. The van der Waals surface area contributed by atoms with Gasteiger partial charge in [-0.25, -0.2) is 8.42 Å². The molecule has 0 aliphatic carbocycles. The van der Waals surface area contributed by atoms with Gasteiger partial charge in [0.1, 0.15) is 0 Å². The van der Waals surface area contributed by atoms with E-state index in [0.29, 0.717) is 5.56 Å². The van der Waals surface area contributed by atoms with Crippen LogP contribution >= 0.6 is 15.9 Å². The Morgan fingerprint density at radius 3 is 2.14 bits per heavy atom. The smallest absolute Gasteiger partial charge is 0.189 e. The fourth-order valence-corrected chi connectivity index (χ4v) is 3.40. The Balaban J connectivity index is 2.18. The fraction of sp³-hybridized carbons (Fsp3) is 0.0625. The minimum Gasteiger partial charge on any atom is -0.289 e. The van der Waals surface area contributed by atoms with Crippen molar-refractivity contribution in [1.82, 2.24) is 0 Å². The molecule has 3 nitrogen and oxygen atoms in total. The van der Waals surface area contributed by atoms with E-state index >= 15 is 0 Å². The van der Waals surface area contributed by atoms with E-state index in [-0.39, 0.29) is 22.0 Å². The number of carbonyl (C=O) groups excluding carboxylic acids is 1. The molecule has 0 aromatic heterocycles. The molecular weight excluding hydrogens is 352 g/mol. The van der Waals surface area contributed by atoms with Gasteiger partial charge in [-0.3, -0.25) is 4.79 Å². The highest BCUT2D eigenvalue weighted by molar-refractivity contribution is 9.10. The minimum atomic E-state index is -3.55.